The number of nitrogens with one attached hydrogen (secondary N) is 1. The van der Waals surface area contributed by atoms with E-state index in [0.717, 1.165) is 17.7 Å². The van der Waals surface area contributed by atoms with Gasteiger partial charge in [-0.25, -0.2) is 0 Å². The lowest BCUT2D eigenvalue weighted by molar-refractivity contribution is 0.0938. The zero-order chi connectivity index (χ0) is 12.1. The Morgan fingerprint density at radius 1 is 1.53 bits per heavy atom. The predicted octanol–water partition coefficient (Wildman–Crippen LogP) is 1.76. The second-order valence-electron chi connectivity index (χ2n) is 4.11. The first kappa shape index (κ1) is 12.2. The molecule has 1 heterocycles. The zero-order valence-electron chi connectivity index (χ0n) is 9.53. The van der Waals surface area contributed by atoms with Gasteiger partial charge in [-0.1, -0.05) is 24.7 Å². The first-order chi connectivity index (χ1) is 8.29. The van der Waals surface area contributed by atoms with Crippen LogP contribution in [0.3, 0.4) is 0 Å². The van der Waals surface area contributed by atoms with E-state index in [9.17, 15) is 4.79 Å². The van der Waals surface area contributed by atoms with Gasteiger partial charge in [-0.15, -0.1) is 11.3 Å². The number of thiophene rings is 1. The fourth-order valence-electron chi connectivity index (χ4n) is 1.99. The summed E-state index contributed by atoms with van der Waals surface area (Å²) in [4.78, 5) is 12.7. The fourth-order valence-corrected chi connectivity index (χ4v) is 2.74. The molecule has 3 nitrogen and oxygen atoms in total. The smallest absolute Gasteiger partial charge is 0.252 e. The van der Waals surface area contributed by atoms with E-state index in [1.54, 1.807) is 6.07 Å². The molecular weight excluding hydrogens is 234 g/mol. The molecule has 0 bridgehead atoms. The molecule has 90 valence electrons. The highest BCUT2D eigenvalue weighted by Gasteiger charge is 2.18. The average molecular weight is 249 g/mol. The van der Waals surface area contributed by atoms with E-state index in [1.165, 1.54) is 24.2 Å². The lowest BCUT2D eigenvalue weighted by Gasteiger charge is -2.10. The number of carbonyl (C=O) groups is 1. The highest BCUT2D eigenvalue weighted by atomic mass is 32.1. The second kappa shape index (κ2) is 5.85. The number of hydrogen-bond acceptors (Lipinski definition) is 3. The number of rotatable bonds is 2. The van der Waals surface area contributed by atoms with Gasteiger partial charge in [-0.2, -0.15) is 0 Å². The van der Waals surface area contributed by atoms with Crippen molar-refractivity contribution in [1.82, 2.24) is 5.32 Å². The summed E-state index contributed by atoms with van der Waals surface area (Å²) in [5.74, 6) is 5.37. The molecule has 1 saturated carbocycles. The van der Waals surface area contributed by atoms with Gasteiger partial charge in [0.05, 0.1) is 10.4 Å². The van der Waals surface area contributed by atoms with Gasteiger partial charge in [-0.05, 0) is 18.9 Å². The largest absolute Gasteiger partial charge is 0.384 e. The van der Waals surface area contributed by atoms with Crippen LogP contribution >= 0.6 is 11.3 Å². The van der Waals surface area contributed by atoms with Crippen molar-refractivity contribution in [2.24, 2.45) is 0 Å². The maximum absolute atomic E-state index is 11.9. The normalized spacial score (nSPS) is 15.4. The molecule has 0 saturated heterocycles. The molecule has 1 aromatic rings. The number of aliphatic hydroxyl groups excluding tert-OH is 1. The van der Waals surface area contributed by atoms with E-state index in [1.807, 2.05) is 5.38 Å². The maximum Gasteiger partial charge on any atom is 0.252 e. The van der Waals surface area contributed by atoms with E-state index in [-0.39, 0.29) is 12.5 Å². The van der Waals surface area contributed by atoms with Gasteiger partial charge >= 0.3 is 0 Å². The molecule has 17 heavy (non-hydrogen) atoms. The number of hydrogen-bond donors (Lipinski definition) is 2. The van der Waals surface area contributed by atoms with Crippen LogP contribution in [0.5, 0.6) is 0 Å². The Hall–Kier alpha value is -1.31. The molecule has 2 rings (SSSR count). The minimum Gasteiger partial charge on any atom is -0.384 e. The molecule has 0 aliphatic heterocycles. The SMILES string of the molecule is O=C(NC1CCCC1)c1csc(C#CCO)c1. The molecule has 0 unspecified atom stereocenters. The van der Waals surface area contributed by atoms with E-state index < -0.39 is 0 Å². The summed E-state index contributed by atoms with van der Waals surface area (Å²) in [5.41, 5.74) is 0.670. The van der Waals surface area contributed by atoms with Gasteiger partial charge in [0.2, 0.25) is 0 Å². The van der Waals surface area contributed by atoms with Gasteiger partial charge in [0, 0.05) is 11.4 Å². The third-order valence-corrected chi connectivity index (χ3v) is 3.69. The lowest BCUT2D eigenvalue weighted by Crippen LogP contribution is -2.32. The molecule has 2 N–H and O–H groups in total. The summed E-state index contributed by atoms with van der Waals surface area (Å²) >= 11 is 1.43. The van der Waals surface area contributed by atoms with Crippen LogP contribution in [0.1, 0.15) is 40.9 Å². The van der Waals surface area contributed by atoms with Crippen LogP contribution in [-0.4, -0.2) is 23.7 Å². The van der Waals surface area contributed by atoms with Gasteiger partial charge in [0.1, 0.15) is 6.61 Å². The second-order valence-corrected chi connectivity index (χ2v) is 5.03. The van der Waals surface area contributed by atoms with Crippen LogP contribution in [0.25, 0.3) is 0 Å². The highest BCUT2D eigenvalue weighted by Crippen LogP contribution is 2.19. The zero-order valence-corrected chi connectivity index (χ0v) is 10.3. The molecule has 0 radical (unpaired) electrons. The number of amides is 1. The Labute approximate surface area is 105 Å². The third-order valence-electron chi connectivity index (χ3n) is 2.84. The molecule has 1 fully saturated rings. The molecule has 0 spiro atoms. The molecule has 0 atom stereocenters. The van der Waals surface area contributed by atoms with Crippen molar-refractivity contribution in [3.63, 3.8) is 0 Å². The minimum absolute atomic E-state index is 0.00908. The van der Waals surface area contributed by atoms with Gasteiger partial charge in [0.25, 0.3) is 5.91 Å². The minimum atomic E-state index is -0.151. The lowest BCUT2D eigenvalue weighted by atomic mass is 10.2. The molecule has 1 aliphatic carbocycles. The number of carbonyl (C=O) groups excluding carboxylic acids is 1. The first-order valence-electron chi connectivity index (χ1n) is 5.78. The summed E-state index contributed by atoms with van der Waals surface area (Å²) in [6, 6.07) is 2.12. The van der Waals surface area contributed by atoms with Crippen molar-refractivity contribution >= 4 is 17.2 Å². The molecule has 1 aromatic heterocycles. The van der Waals surface area contributed by atoms with E-state index in [0.29, 0.717) is 11.6 Å². The third kappa shape index (κ3) is 3.32. The number of aliphatic hydroxyl groups is 1. The molecule has 1 amide bonds. The summed E-state index contributed by atoms with van der Waals surface area (Å²) < 4.78 is 0. The van der Waals surface area contributed by atoms with Crippen molar-refractivity contribution in [2.75, 3.05) is 6.61 Å². The van der Waals surface area contributed by atoms with Crippen LogP contribution in [0.15, 0.2) is 11.4 Å². The fraction of sp³-hybridized carbons (Fsp3) is 0.462. The van der Waals surface area contributed by atoms with E-state index in [4.69, 9.17) is 5.11 Å². The monoisotopic (exact) mass is 249 g/mol. The van der Waals surface area contributed by atoms with Crippen LogP contribution in [0, 0.1) is 11.8 Å². The first-order valence-corrected chi connectivity index (χ1v) is 6.66. The van der Waals surface area contributed by atoms with E-state index in [2.05, 4.69) is 17.2 Å². The Bertz CT molecular complexity index is 449. The molecular formula is C13H15NO2S. The summed E-state index contributed by atoms with van der Waals surface area (Å²) in [7, 11) is 0. The van der Waals surface area contributed by atoms with E-state index >= 15 is 0 Å². The topological polar surface area (TPSA) is 49.3 Å². The maximum atomic E-state index is 11.9. The van der Waals surface area contributed by atoms with Crippen molar-refractivity contribution in [3.8, 4) is 11.8 Å². The average Bonchev–Trinajstić information content (AvgIpc) is 2.96. The summed E-state index contributed by atoms with van der Waals surface area (Å²) in [6.45, 7) is -0.151. The predicted molar refractivity (Wildman–Crippen MR) is 68.0 cm³/mol. The Kier molecular flexibility index (Phi) is 4.18. The van der Waals surface area contributed by atoms with Crippen LogP contribution < -0.4 is 5.32 Å². The molecule has 4 heteroatoms. The molecule has 1 aliphatic rings. The van der Waals surface area contributed by atoms with Crippen molar-refractivity contribution in [2.45, 2.75) is 31.7 Å². The van der Waals surface area contributed by atoms with Gasteiger partial charge < -0.3 is 10.4 Å². The van der Waals surface area contributed by atoms with Gasteiger partial charge in [-0.3, -0.25) is 4.79 Å². The van der Waals surface area contributed by atoms with Crippen LogP contribution in [0.2, 0.25) is 0 Å². The quantitative estimate of drug-likeness (QED) is 0.785. The van der Waals surface area contributed by atoms with Crippen molar-refractivity contribution in [1.29, 1.82) is 0 Å². The van der Waals surface area contributed by atoms with Gasteiger partial charge in [0.15, 0.2) is 0 Å². The summed E-state index contributed by atoms with van der Waals surface area (Å²) in [5, 5.41) is 13.4. The Balaban J connectivity index is 1.96. The molecule has 0 aromatic carbocycles. The Morgan fingerprint density at radius 3 is 3.00 bits per heavy atom. The standard InChI is InChI=1S/C13H15NO2S/c15-7-3-6-12-8-10(9-17-12)13(16)14-11-4-1-2-5-11/h8-9,11,15H,1-2,4-5,7H2,(H,14,16). The van der Waals surface area contributed by atoms with Crippen molar-refractivity contribution in [3.05, 3.63) is 21.9 Å². The summed E-state index contributed by atoms with van der Waals surface area (Å²) in [6.07, 6.45) is 4.60. The Morgan fingerprint density at radius 2 is 2.29 bits per heavy atom. The van der Waals surface area contributed by atoms with Crippen LogP contribution in [0.4, 0.5) is 0 Å². The van der Waals surface area contributed by atoms with Crippen molar-refractivity contribution < 1.29 is 9.90 Å². The highest BCUT2D eigenvalue weighted by molar-refractivity contribution is 7.10. The van der Waals surface area contributed by atoms with Crippen LogP contribution in [-0.2, 0) is 0 Å².